The van der Waals surface area contributed by atoms with E-state index in [0.29, 0.717) is 19.6 Å². The number of fused-ring (bicyclic) bond motifs is 1. The standard InChI is InChI=1S/C30H32FN3O.ClH/c1-21-6-5-9-25-27(20-34(29(21)25)15-12-22-7-3-2-4-8-22)30(35)33-16-13-24(14-17-33)26-18-23(19-32)10-11-28(26)31;/h2-11,18,20,24H,12-17,19,32H2,1H3;1H. The summed E-state index contributed by atoms with van der Waals surface area (Å²) >= 11 is 0. The third-order valence-corrected chi connectivity index (χ3v) is 7.33. The van der Waals surface area contributed by atoms with Crippen molar-refractivity contribution in [1.29, 1.82) is 0 Å². The van der Waals surface area contributed by atoms with E-state index in [1.807, 2.05) is 29.3 Å². The van der Waals surface area contributed by atoms with Crippen molar-refractivity contribution in [1.82, 2.24) is 9.47 Å². The number of para-hydroxylation sites is 1. The van der Waals surface area contributed by atoms with E-state index in [9.17, 15) is 9.18 Å². The van der Waals surface area contributed by atoms with Crippen LogP contribution in [-0.4, -0.2) is 28.5 Å². The molecule has 0 atom stereocenters. The highest BCUT2D eigenvalue weighted by Gasteiger charge is 2.28. The number of amides is 1. The van der Waals surface area contributed by atoms with Gasteiger partial charge in [-0.1, -0.05) is 60.7 Å². The molecule has 0 aliphatic carbocycles. The Bertz CT molecular complexity index is 1340. The van der Waals surface area contributed by atoms with Crippen LogP contribution in [0.3, 0.4) is 0 Å². The summed E-state index contributed by atoms with van der Waals surface area (Å²) < 4.78 is 16.7. The van der Waals surface area contributed by atoms with E-state index in [-0.39, 0.29) is 30.0 Å². The SMILES string of the molecule is Cc1cccc2c(C(=O)N3CCC(c4cc(CN)ccc4F)CC3)cn(CCc3ccccc3)c12.Cl. The lowest BCUT2D eigenvalue weighted by molar-refractivity contribution is 0.0714. The molecule has 6 heteroatoms. The normalized spacial score (nSPS) is 14.1. The molecule has 188 valence electrons. The Labute approximate surface area is 218 Å². The van der Waals surface area contributed by atoms with Crippen LogP contribution >= 0.6 is 12.4 Å². The second-order valence-electron chi connectivity index (χ2n) is 9.57. The van der Waals surface area contributed by atoms with Crippen LogP contribution in [-0.2, 0) is 19.5 Å². The number of hydrogen-bond acceptors (Lipinski definition) is 2. The minimum absolute atomic E-state index is 0. The molecule has 1 amide bonds. The number of benzene rings is 3. The molecule has 1 aromatic heterocycles. The van der Waals surface area contributed by atoms with Crippen molar-refractivity contribution in [2.75, 3.05) is 13.1 Å². The molecule has 3 aromatic carbocycles. The van der Waals surface area contributed by atoms with Gasteiger partial charge in [-0.05, 0) is 60.4 Å². The van der Waals surface area contributed by atoms with Crippen molar-refractivity contribution < 1.29 is 9.18 Å². The molecule has 0 radical (unpaired) electrons. The summed E-state index contributed by atoms with van der Waals surface area (Å²) in [5, 5.41) is 1.01. The lowest BCUT2D eigenvalue weighted by Crippen LogP contribution is -2.38. The van der Waals surface area contributed by atoms with E-state index in [1.54, 1.807) is 6.07 Å². The smallest absolute Gasteiger partial charge is 0.256 e. The van der Waals surface area contributed by atoms with Gasteiger partial charge in [0.25, 0.3) is 5.91 Å². The molecule has 0 spiro atoms. The maximum atomic E-state index is 14.5. The molecule has 0 saturated carbocycles. The lowest BCUT2D eigenvalue weighted by atomic mass is 9.88. The zero-order chi connectivity index (χ0) is 24.4. The number of nitrogens with two attached hydrogens (primary N) is 1. The molecule has 1 aliphatic rings. The first-order chi connectivity index (χ1) is 17.0. The van der Waals surface area contributed by atoms with E-state index < -0.39 is 0 Å². The number of piperidine rings is 1. The van der Waals surface area contributed by atoms with Gasteiger partial charge in [0.05, 0.1) is 11.1 Å². The Hall–Kier alpha value is -3.15. The summed E-state index contributed by atoms with van der Waals surface area (Å²) in [4.78, 5) is 15.6. The van der Waals surface area contributed by atoms with Crippen LogP contribution in [0, 0.1) is 12.7 Å². The molecule has 2 N–H and O–H groups in total. The number of rotatable bonds is 6. The molecular formula is C30H33ClFN3O. The number of carbonyl (C=O) groups excluding carboxylic acids is 1. The summed E-state index contributed by atoms with van der Waals surface area (Å²) in [6.45, 7) is 4.57. The fourth-order valence-electron chi connectivity index (χ4n) is 5.39. The highest BCUT2D eigenvalue weighted by molar-refractivity contribution is 6.07. The zero-order valence-electron chi connectivity index (χ0n) is 20.6. The van der Waals surface area contributed by atoms with Gasteiger partial charge in [0.1, 0.15) is 5.82 Å². The van der Waals surface area contributed by atoms with Crippen LogP contribution in [0.2, 0.25) is 0 Å². The second kappa shape index (κ2) is 11.3. The number of aromatic nitrogens is 1. The lowest BCUT2D eigenvalue weighted by Gasteiger charge is -2.32. The fourth-order valence-corrected chi connectivity index (χ4v) is 5.39. The van der Waals surface area contributed by atoms with Crippen LogP contribution in [0.15, 0.2) is 72.9 Å². The molecule has 1 saturated heterocycles. The average Bonchev–Trinajstić information content (AvgIpc) is 3.28. The van der Waals surface area contributed by atoms with Crippen molar-refractivity contribution in [3.8, 4) is 0 Å². The van der Waals surface area contributed by atoms with Gasteiger partial charge in [0.15, 0.2) is 0 Å². The molecule has 4 nitrogen and oxygen atoms in total. The average molecular weight is 506 g/mol. The Morgan fingerprint density at radius 1 is 1.00 bits per heavy atom. The first kappa shape index (κ1) is 25.9. The minimum Gasteiger partial charge on any atom is -0.346 e. The molecule has 2 heterocycles. The van der Waals surface area contributed by atoms with E-state index in [1.165, 1.54) is 17.2 Å². The molecule has 4 aromatic rings. The van der Waals surface area contributed by atoms with Crippen molar-refractivity contribution in [2.45, 2.75) is 45.2 Å². The van der Waals surface area contributed by atoms with Crippen LogP contribution in [0.5, 0.6) is 0 Å². The van der Waals surface area contributed by atoms with Gasteiger partial charge in [0, 0.05) is 37.8 Å². The maximum Gasteiger partial charge on any atom is 0.256 e. The first-order valence-corrected chi connectivity index (χ1v) is 12.4. The van der Waals surface area contributed by atoms with E-state index in [2.05, 4.69) is 47.9 Å². The number of carbonyl (C=O) groups is 1. The predicted octanol–water partition coefficient (Wildman–Crippen LogP) is 6.23. The van der Waals surface area contributed by atoms with Gasteiger partial charge in [-0.2, -0.15) is 0 Å². The topological polar surface area (TPSA) is 51.3 Å². The summed E-state index contributed by atoms with van der Waals surface area (Å²) in [7, 11) is 0. The highest BCUT2D eigenvalue weighted by Crippen LogP contribution is 2.32. The van der Waals surface area contributed by atoms with Crippen LogP contribution in [0.4, 0.5) is 4.39 Å². The second-order valence-corrected chi connectivity index (χ2v) is 9.57. The fraction of sp³-hybridized carbons (Fsp3) is 0.300. The molecule has 0 bridgehead atoms. The van der Waals surface area contributed by atoms with Crippen LogP contribution in [0.1, 0.15) is 51.4 Å². The quantitative estimate of drug-likeness (QED) is 0.337. The summed E-state index contributed by atoms with van der Waals surface area (Å²) in [5.74, 6) is -0.00219. The molecule has 0 unspecified atom stereocenters. The van der Waals surface area contributed by atoms with Crippen LogP contribution < -0.4 is 5.73 Å². The van der Waals surface area contributed by atoms with Gasteiger partial charge in [-0.25, -0.2) is 4.39 Å². The van der Waals surface area contributed by atoms with E-state index in [0.717, 1.165) is 53.4 Å². The van der Waals surface area contributed by atoms with E-state index in [4.69, 9.17) is 5.73 Å². The Morgan fingerprint density at radius 3 is 2.47 bits per heavy atom. The number of hydrogen-bond donors (Lipinski definition) is 1. The molecular weight excluding hydrogens is 473 g/mol. The maximum absolute atomic E-state index is 14.5. The first-order valence-electron chi connectivity index (χ1n) is 12.4. The zero-order valence-corrected chi connectivity index (χ0v) is 21.4. The van der Waals surface area contributed by atoms with Crippen LogP contribution in [0.25, 0.3) is 10.9 Å². The van der Waals surface area contributed by atoms with Gasteiger partial charge >= 0.3 is 0 Å². The summed E-state index contributed by atoms with van der Waals surface area (Å²) in [5.41, 5.74) is 11.8. The van der Waals surface area contributed by atoms with Gasteiger partial charge < -0.3 is 15.2 Å². The monoisotopic (exact) mass is 505 g/mol. The molecule has 36 heavy (non-hydrogen) atoms. The highest BCUT2D eigenvalue weighted by atomic mass is 35.5. The van der Waals surface area contributed by atoms with Gasteiger partial charge in [-0.3, -0.25) is 4.79 Å². The largest absolute Gasteiger partial charge is 0.346 e. The van der Waals surface area contributed by atoms with Crippen molar-refractivity contribution >= 4 is 29.2 Å². The third kappa shape index (κ3) is 5.18. The minimum atomic E-state index is -0.177. The van der Waals surface area contributed by atoms with Gasteiger partial charge in [-0.15, -0.1) is 12.4 Å². The molecule has 5 rings (SSSR count). The Kier molecular flexibility index (Phi) is 8.12. The molecule has 1 fully saturated rings. The third-order valence-electron chi connectivity index (χ3n) is 7.33. The number of halogens is 2. The number of nitrogens with zero attached hydrogens (tertiary/aromatic N) is 2. The molecule has 1 aliphatic heterocycles. The van der Waals surface area contributed by atoms with Gasteiger partial charge in [0.2, 0.25) is 0 Å². The number of aryl methyl sites for hydroxylation is 3. The van der Waals surface area contributed by atoms with E-state index >= 15 is 0 Å². The van der Waals surface area contributed by atoms with Crippen molar-refractivity contribution in [3.63, 3.8) is 0 Å². The predicted molar refractivity (Wildman–Crippen MR) is 146 cm³/mol. The van der Waals surface area contributed by atoms with Crippen molar-refractivity contribution in [2.24, 2.45) is 5.73 Å². The van der Waals surface area contributed by atoms with Crippen molar-refractivity contribution in [3.05, 3.63) is 107 Å². The Morgan fingerprint density at radius 2 is 1.75 bits per heavy atom. The summed E-state index contributed by atoms with van der Waals surface area (Å²) in [6.07, 6.45) is 4.44. The Balaban J connectivity index is 0.00000304. The summed E-state index contributed by atoms with van der Waals surface area (Å²) in [6, 6.07) is 21.8. The number of likely N-dealkylation sites (tertiary alicyclic amines) is 1.